The van der Waals surface area contributed by atoms with Gasteiger partial charge in [-0.1, -0.05) is 38.8 Å². The molecule has 0 radical (unpaired) electrons. The number of hydrogen-bond donors (Lipinski definition) is 1. The summed E-state index contributed by atoms with van der Waals surface area (Å²) in [6.45, 7) is 11.9. The van der Waals surface area contributed by atoms with Crippen LogP contribution in [0, 0.1) is 11.8 Å². The molecule has 0 bridgehead atoms. The lowest BCUT2D eigenvalue weighted by Crippen LogP contribution is -2.38. The van der Waals surface area contributed by atoms with Gasteiger partial charge in [-0.3, -0.25) is 0 Å². The van der Waals surface area contributed by atoms with Crippen LogP contribution in [-0.2, 0) is 0 Å². The van der Waals surface area contributed by atoms with Crippen LogP contribution in [0.2, 0.25) is 0 Å². The summed E-state index contributed by atoms with van der Waals surface area (Å²) in [5.41, 5.74) is 1.31. The minimum Gasteiger partial charge on any atom is -0.310 e. The Balaban J connectivity index is 2.47. The summed E-state index contributed by atoms with van der Waals surface area (Å²) in [4.78, 5) is 0. The van der Waals surface area contributed by atoms with Crippen molar-refractivity contribution in [2.45, 2.75) is 52.5 Å². The first-order chi connectivity index (χ1) is 6.65. The van der Waals surface area contributed by atoms with Crippen molar-refractivity contribution in [3.63, 3.8) is 0 Å². The molecule has 0 saturated heterocycles. The van der Waals surface area contributed by atoms with Crippen LogP contribution in [0.3, 0.4) is 0 Å². The average molecular weight is 195 g/mol. The van der Waals surface area contributed by atoms with Crippen molar-refractivity contribution in [3.05, 3.63) is 12.2 Å². The van der Waals surface area contributed by atoms with Crippen LogP contribution < -0.4 is 5.32 Å². The molecule has 0 amide bonds. The van der Waals surface area contributed by atoms with Gasteiger partial charge in [0.25, 0.3) is 0 Å². The Morgan fingerprint density at radius 1 is 1.36 bits per heavy atom. The lowest BCUT2D eigenvalue weighted by atomic mass is 9.77. The van der Waals surface area contributed by atoms with Crippen LogP contribution in [0.5, 0.6) is 0 Å². The molecule has 82 valence electrons. The van der Waals surface area contributed by atoms with Gasteiger partial charge in [-0.25, -0.2) is 0 Å². The molecule has 0 spiro atoms. The molecule has 0 aromatic rings. The van der Waals surface area contributed by atoms with Crippen LogP contribution in [0.15, 0.2) is 12.2 Å². The van der Waals surface area contributed by atoms with Crippen molar-refractivity contribution in [1.29, 1.82) is 0 Å². The molecule has 1 fully saturated rings. The molecule has 1 nitrogen and oxygen atoms in total. The summed E-state index contributed by atoms with van der Waals surface area (Å²) in [5, 5.41) is 3.57. The van der Waals surface area contributed by atoms with E-state index in [0.717, 1.165) is 18.4 Å². The summed E-state index contributed by atoms with van der Waals surface area (Å²) in [6, 6.07) is 0.563. The lowest BCUT2D eigenvalue weighted by molar-refractivity contribution is 0.249. The quantitative estimate of drug-likeness (QED) is 0.678. The molecular weight excluding hydrogens is 170 g/mol. The van der Waals surface area contributed by atoms with E-state index in [2.05, 4.69) is 32.7 Å². The van der Waals surface area contributed by atoms with Gasteiger partial charge in [0.05, 0.1) is 0 Å². The van der Waals surface area contributed by atoms with Gasteiger partial charge in [-0.15, -0.1) is 0 Å². The summed E-state index contributed by atoms with van der Waals surface area (Å²) in [5.74, 6) is 1.78. The zero-order valence-corrected chi connectivity index (χ0v) is 9.97. The van der Waals surface area contributed by atoms with Crippen molar-refractivity contribution < 1.29 is 0 Å². The molecule has 0 aliphatic heterocycles. The van der Waals surface area contributed by atoms with E-state index >= 15 is 0 Å². The predicted octanol–water partition coefficient (Wildman–Crippen LogP) is 3.37. The van der Waals surface area contributed by atoms with Crippen molar-refractivity contribution in [3.8, 4) is 0 Å². The molecule has 1 unspecified atom stereocenters. The SMILES string of the molecule is C=C(C)C(NCC)C1CCC(C)CC1. The van der Waals surface area contributed by atoms with Gasteiger partial charge in [0, 0.05) is 6.04 Å². The van der Waals surface area contributed by atoms with Gasteiger partial charge >= 0.3 is 0 Å². The third-order valence-corrected chi connectivity index (χ3v) is 3.49. The number of hydrogen-bond acceptors (Lipinski definition) is 1. The first-order valence-electron chi connectivity index (χ1n) is 6.04. The molecule has 0 aromatic carbocycles. The van der Waals surface area contributed by atoms with Gasteiger partial charge in [-0.05, 0) is 38.1 Å². The fraction of sp³-hybridized carbons (Fsp3) is 0.846. The topological polar surface area (TPSA) is 12.0 Å². The number of likely N-dealkylation sites (N-methyl/N-ethyl adjacent to an activating group) is 1. The van der Waals surface area contributed by atoms with Gasteiger partial charge in [0.1, 0.15) is 0 Å². The first kappa shape index (κ1) is 11.8. The van der Waals surface area contributed by atoms with Gasteiger partial charge in [0.15, 0.2) is 0 Å². The van der Waals surface area contributed by atoms with Crippen LogP contribution in [0.4, 0.5) is 0 Å². The van der Waals surface area contributed by atoms with Crippen molar-refractivity contribution in [1.82, 2.24) is 5.32 Å². The Morgan fingerprint density at radius 3 is 2.36 bits per heavy atom. The van der Waals surface area contributed by atoms with E-state index in [-0.39, 0.29) is 0 Å². The molecule has 1 rings (SSSR count). The maximum atomic E-state index is 4.11. The summed E-state index contributed by atoms with van der Waals surface area (Å²) < 4.78 is 0. The summed E-state index contributed by atoms with van der Waals surface area (Å²) in [6.07, 6.45) is 5.57. The van der Waals surface area contributed by atoms with E-state index in [1.165, 1.54) is 31.3 Å². The molecule has 1 saturated carbocycles. The molecule has 1 N–H and O–H groups in total. The summed E-state index contributed by atoms with van der Waals surface area (Å²) >= 11 is 0. The third kappa shape index (κ3) is 3.13. The Morgan fingerprint density at radius 2 is 1.93 bits per heavy atom. The zero-order valence-electron chi connectivity index (χ0n) is 9.97. The van der Waals surface area contributed by atoms with E-state index in [4.69, 9.17) is 0 Å². The predicted molar refractivity (Wildman–Crippen MR) is 63.4 cm³/mol. The maximum Gasteiger partial charge on any atom is 0.0302 e. The van der Waals surface area contributed by atoms with Crippen LogP contribution in [0.1, 0.15) is 46.5 Å². The van der Waals surface area contributed by atoms with E-state index in [1.54, 1.807) is 0 Å². The third-order valence-electron chi connectivity index (χ3n) is 3.49. The monoisotopic (exact) mass is 195 g/mol. The smallest absolute Gasteiger partial charge is 0.0302 e. The Kier molecular flexibility index (Phi) is 4.67. The van der Waals surface area contributed by atoms with Gasteiger partial charge in [-0.2, -0.15) is 0 Å². The minimum atomic E-state index is 0.563. The second-order valence-corrected chi connectivity index (χ2v) is 4.90. The van der Waals surface area contributed by atoms with Crippen molar-refractivity contribution in [2.24, 2.45) is 11.8 Å². The number of rotatable bonds is 4. The summed E-state index contributed by atoms with van der Waals surface area (Å²) in [7, 11) is 0. The second-order valence-electron chi connectivity index (χ2n) is 4.90. The molecule has 1 atom stereocenters. The molecule has 0 aromatic heterocycles. The van der Waals surface area contributed by atoms with E-state index in [0.29, 0.717) is 6.04 Å². The van der Waals surface area contributed by atoms with Crippen molar-refractivity contribution >= 4 is 0 Å². The highest BCUT2D eigenvalue weighted by molar-refractivity contribution is 5.05. The Bertz CT molecular complexity index is 178. The van der Waals surface area contributed by atoms with Crippen LogP contribution in [-0.4, -0.2) is 12.6 Å². The average Bonchev–Trinajstić information content (AvgIpc) is 2.15. The first-order valence-corrected chi connectivity index (χ1v) is 6.04. The highest BCUT2D eigenvalue weighted by Gasteiger charge is 2.25. The molecule has 1 aliphatic carbocycles. The fourth-order valence-electron chi connectivity index (χ4n) is 2.58. The zero-order chi connectivity index (χ0) is 10.6. The van der Waals surface area contributed by atoms with E-state index in [9.17, 15) is 0 Å². The van der Waals surface area contributed by atoms with Gasteiger partial charge < -0.3 is 5.32 Å². The number of nitrogens with one attached hydrogen (secondary N) is 1. The molecule has 14 heavy (non-hydrogen) atoms. The Hall–Kier alpha value is -0.300. The Labute approximate surface area is 89.0 Å². The minimum absolute atomic E-state index is 0.563. The van der Waals surface area contributed by atoms with Gasteiger partial charge in [0.2, 0.25) is 0 Å². The maximum absolute atomic E-state index is 4.11. The molecule has 1 heteroatoms. The standard InChI is InChI=1S/C13H25N/c1-5-14-13(10(2)3)12-8-6-11(4)7-9-12/h11-14H,2,5-9H2,1,3-4H3. The van der Waals surface area contributed by atoms with Crippen LogP contribution >= 0.6 is 0 Å². The molecule has 0 heterocycles. The van der Waals surface area contributed by atoms with E-state index < -0.39 is 0 Å². The lowest BCUT2D eigenvalue weighted by Gasteiger charge is -2.33. The highest BCUT2D eigenvalue weighted by atomic mass is 14.9. The second kappa shape index (κ2) is 5.55. The molecular formula is C13H25N. The normalized spacial score (nSPS) is 29.9. The highest BCUT2D eigenvalue weighted by Crippen LogP contribution is 2.32. The van der Waals surface area contributed by atoms with E-state index in [1.807, 2.05) is 0 Å². The van der Waals surface area contributed by atoms with Crippen molar-refractivity contribution in [2.75, 3.05) is 6.54 Å². The molecule has 1 aliphatic rings. The largest absolute Gasteiger partial charge is 0.310 e. The fourth-order valence-corrected chi connectivity index (χ4v) is 2.58. The van der Waals surface area contributed by atoms with Crippen LogP contribution in [0.25, 0.3) is 0 Å².